The van der Waals surface area contributed by atoms with Gasteiger partial charge in [-0.25, -0.2) is 13.8 Å². The molecule has 0 radical (unpaired) electrons. The number of nitrogens with two attached hydrogens (primary N) is 1. The molecule has 0 fully saturated rings. The van der Waals surface area contributed by atoms with Gasteiger partial charge in [0.2, 0.25) is 0 Å². The minimum atomic E-state index is -3.64. The summed E-state index contributed by atoms with van der Waals surface area (Å²) in [7, 11) is -3.64. The number of sulfonamides is 1. The first-order chi connectivity index (χ1) is 9.88. The molecule has 22 heavy (non-hydrogen) atoms. The van der Waals surface area contributed by atoms with Crippen molar-refractivity contribution in [2.45, 2.75) is 11.8 Å². The maximum atomic E-state index is 12.0. The number of hydrogen-bond acceptors (Lipinski definition) is 4. The molecule has 0 aliphatic rings. The Labute approximate surface area is 133 Å². The van der Waals surface area contributed by atoms with Gasteiger partial charge < -0.3 is 12.4 Å². The topological polar surface area (TPSA) is 106 Å². The fraction of sp³-hybridized carbons (Fsp3) is 0.0769. The van der Waals surface area contributed by atoms with E-state index in [9.17, 15) is 18.5 Å². The van der Waals surface area contributed by atoms with Gasteiger partial charge in [-0.2, -0.15) is 0 Å². The van der Waals surface area contributed by atoms with Crippen molar-refractivity contribution >= 4 is 21.4 Å². The monoisotopic (exact) mass is 343 g/mol. The molecule has 118 valence electrons. The van der Waals surface area contributed by atoms with Gasteiger partial charge in [-0.15, -0.1) is 0 Å². The summed E-state index contributed by atoms with van der Waals surface area (Å²) >= 11 is 0. The Balaban J connectivity index is 0.00000242. The Morgan fingerprint density at radius 1 is 1.05 bits per heavy atom. The standard InChI is InChI=1S/C13H13N3O4S.ClH/c1-10-2-8-13(9-3-10)21(19,20)15-14-11-4-6-12(7-5-11)16(17)18;/h2-9,14-15H,1H3;1H. The molecule has 0 unspecified atom stereocenters. The van der Waals surface area contributed by atoms with Crippen LogP contribution >= 0.6 is 0 Å². The normalized spacial score (nSPS) is 10.8. The molecule has 0 aliphatic heterocycles. The SMILES string of the molecule is Cc1ccc(S(=O)(=O)N[NH2+]c2ccc([N+](=O)[O-])cc2)cc1.[Cl-]. The Bertz CT molecular complexity index is 746. The lowest BCUT2D eigenvalue weighted by atomic mass is 10.2. The second kappa shape index (κ2) is 7.32. The number of rotatable bonds is 5. The van der Waals surface area contributed by atoms with Crippen molar-refractivity contribution in [1.82, 2.24) is 4.83 Å². The van der Waals surface area contributed by atoms with Crippen LogP contribution in [-0.4, -0.2) is 13.3 Å². The zero-order valence-corrected chi connectivity index (χ0v) is 13.1. The summed E-state index contributed by atoms with van der Waals surface area (Å²) in [5.41, 5.74) is 2.73. The number of benzene rings is 2. The van der Waals surface area contributed by atoms with Crippen LogP contribution in [-0.2, 0) is 10.0 Å². The lowest BCUT2D eigenvalue weighted by Gasteiger charge is -2.05. The summed E-state index contributed by atoms with van der Waals surface area (Å²) < 4.78 is 24.1. The van der Waals surface area contributed by atoms with Crippen LogP contribution in [0.15, 0.2) is 53.4 Å². The van der Waals surface area contributed by atoms with Crippen LogP contribution in [0.25, 0.3) is 0 Å². The van der Waals surface area contributed by atoms with Gasteiger partial charge in [0.25, 0.3) is 15.7 Å². The fourth-order valence-corrected chi connectivity index (χ4v) is 2.55. The van der Waals surface area contributed by atoms with Gasteiger partial charge in [0.1, 0.15) is 5.69 Å². The van der Waals surface area contributed by atoms with Gasteiger partial charge in [0, 0.05) is 24.3 Å². The molecule has 0 saturated carbocycles. The number of nitrogens with zero attached hydrogens (tertiary/aromatic N) is 1. The van der Waals surface area contributed by atoms with Crippen LogP contribution in [0, 0.1) is 17.0 Å². The summed E-state index contributed by atoms with van der Waals surface area (Å²) in [6.07, 6.45) is 0. The van der Waals surface area contributed by atoms with E-state index in [1.54, 1.807) is 12.1 Å². The van der Waals surface area contributed by atoms with E-state index in [2.05, 4.69) is 4.83 Å². The van der Waals surface area contributed by atoms with E-state index in [-0.39, 0.29) is 23.0 Å². The molecule has 0 amide bonds. The van der Waals surface area contributed by atoms with E-state index in [1.165, 1.54) is 41.8 Å². The van der Waals surface area contributed by atoms with E-state index >= 15 is 0 Å². The summed E-state index contributed by atoms with van der Waals surface area (Å²) in [6, 6.07) is 12.0. The van der Waals surface area contributed by atoms with Crippen LogP contribution in [0.4, 0.5) is 11.4 Å². The summed E-state index contributed by atoms with van der Waals surface area (Å²) in [5, 5.41) is 10.5. The van der Waals surface area contributed by atoms with Gasteiger partial charge >= 0.3 is 0 Å². The summed E-state index contributed by atoms with van der Waals surface area (Å²) in [4.78, 5) is 12.5. The van der Waals surface area contributed by atoms with Crippen LogP contribution in [0.2, 0.25) is 0 Å². The quantitative estimate of drug-likeness (QED) is 0.283. The maximum absolute atomic E-state index is 12.0. The molecule has 7 nitrogen and oxygen atoms in total. The third-order valence-corrected chi connectivity index (χ3v) is 4.14. The number of quaternary nitrogens is 1. The molecule has 0 heterocycles. The Morgan fingerprint density at radius 3 is 2.09 bits per heavy atom. The van der Waals surface area contributed by atoms with E-state index in [0.717, 1.165) is 5.56 Å². The molecule has 0 bridgehead atoms. The summed E-state index contributed by atoms with van der Waals surface area (Å²) in [6.45, 7) is 1.87. The first-order valence-corrected chi connectivity index (χ1v) is 7.53. The van der Waals surface area contributed by atoms with Crippen LogP contribution in [0.3, 0.4) is 0 Å². The second-order valence-electron chi connectivity index (χ2n) is 4.43. The van der Waals surface area contributed by atoms with Crippen LogP contribution in [0.1, 0.15) is 5.56 Å². The lowest BCUT2D eigenvalue weighted by Crippen LogP contribution is -3.00. The molecule has 0 saturated heterocycles. The summed E-state index contributed by atoms with van der Waals surface area (Å²) in [5.74, 6) is 0. The lowest BCUT2D eigenvalue weighted by molar-refractivity contribution is -0.610. The van der Waals surface area contributed by atoms with Crippen molar-refractivity contribution in [3.8, 4) is 0 Å². The fourth-order valence-electron chi connectivity index (χ4n) is 1.62. The molecular formula is C13H14ClN3O4S. The maximum Gasteiger partial charge on any atom is 0.282 e. The van der Waals surface area contributed by atoms with E-state index in [4.69, 9.17) is 0 Å². The second-order valence-corrected chi connectivity index (χ2v) is 6.14. The third-order valence-electron chi connectivity index (χ3n) is 2.82. The van der Waals surface area contributed by atoms with Gasteiger partial charge in [-0.05, 0) is 19.1 Å². The zero-order valence-electron chi connectivity index (χ0n) is 11.6. The highest BCUT2D eigenvalue weighted by molar-refractivity contribution is 7.89. The van der Waals surface area contributed by atoms with Crippen molar-refractivity contribution in [3.05, 3.63) is 64.2 Å². The minimum Gasteiger partial charge on any atom is -1.00 e. The number of nitro benzene ring substituents is 1. The van der Waals surface area contributed by atoms with Crippen LogP contribution < -0.4 is 22.7 Å². The van der Waals surface area contributed by atoms with Crippen molar-refractivity contribution in [1.29, 1.82) is 0 Å². The first kappa shape index (κ1) is 18.1. The largest absolute Gasteiger partial charge is 1.00 e. The number of aryl methyl sites for hydroxylation is 1. The van der Waals surface area contributed by atoms with Gasteiger partial charge in [0.15, 0.2) is 0 Å². The minimum absolute atomic E-state index is 0. The smallest absolute Gasteiger partial charge is 0.282 e. The number of nitrogens with one attached hydrogen (secondary N) is 1. The zero-order chi connectivity index (χ0) is 15.5. The van der Waals surface area contributed by atoms with Crippen LogP contribution in [0.5, 0.6) is 0 Å². The van der Waals surface area contributed by atoms with E-state index < -0.39 is 14.9 Å². The highest BCUT2D eigenvalue weighted by atomic mass is 35.5. The number of halogens is 1. The Morgan fingerprint density at radius 2 is 1.59 bits per heavy atom. The molecule has 0 aromatic heterocycles. The third kappa shape index (κ3) is 4.50. The number of non-ortho nitro benzene ring substituents is 1. The van der Waals surface area contributed by atoms with Crippen molar-refractivity contribution < 1.29 is 31.2 Å². The van der Waals surface area contributed by atoms with E-state index in [0.29, 0.717) is 5.69 Å². The Hall–Kier alpha value is -2.00. The van der Waals surface area contributed by atoms with Crippen molar-refractivity contribution in [2.24, 2.45) is 0 Å². The van der Waals surface area contributed by atoms with Gasteiger partial charge in [-0.1, -0.05) is 22.5 Å². The highest BCUT2D eigenvalue weighted by Crippen LogP contribution is 2.12. The molecule has 2 aromatic carbocycles. The van der Waals surface area contributed by atoms with Crippen molar-refractivity contribution in [3.63, 3.8) is 0 Å². The number of nitro groups is 1. The predicted molar refractivity (Wildman–Crippen MR) is 76.2 cm³/mol. The molecular weight excluding hydrogens is 330 g/mol. The molecule has 2 rings (SSSR count). The Kier molecular flexibility index (Phi) is 6.01. The molecule has 0 atom stereocenters. The number of hydrogen-bond donors (Lipinski definition) is 2. The van der Waals surface area contributed by atoms with Crippen molar-refractivity contribution in [2.75, 3.05) is 0 Å². The molecule has 0 aliphatic carbocycles. The van der Waals surface area contributed by atoms with Gasteiger partial charge in [0.05, 0.1) is 9.82 Å². The van der Waals surface area contributed by atoms with Gasteiger partial charge in [-0.3, -0.25) is 10.1 Å². The average molecular weight is 344 g/mol. The molecule has 3 N–H and O–H groups in total. The predicted octanol–water partition coefficient (Wildman–Crippen LogP) is -2.00. The first-order valence-electron chi connectivity index (χ1n) is 6.05. The van der Waals surface area contributed by atoms with E-state index in [1.807, 2.05) is 6.92 Å². The average Bonchev–Trinajstić information content (AvgIpc) is 2.46. The molecule has 2 aromatic rings. The molecule has 0 spiro atoms. The highest BCUT2D eigenvalue weighted by Gasteiger charge is 2.16. The molecule has 9 heteroatoms.